The van der Waals surface area contributed by atoms with Gasteiger partial charge in [-0.3, -0.25) is 9.69 Å². The van der Waals surface area contributed by atoms with Crippen molar-refractivity contribution in [2.24, 2.45) is 17.8 Å². The van der Waals surface area contributed by atoms with Gasteiger partial charge in [-0.2, -0.15) is 0 Å². The molecule has 1 aromatic rings. The normalized spacial score (nSPS) is 36.4. The first-order valence-electron chi connectivity index (χ1n) is 11.2. The summed E-state index contributed by atoms with van der Waals surface area (Å²) in [6, 6.07) is 6.96. The summed E-state index contributed by atoms with van der Waals surface area (Å²) >= 11 is 0. The fourth-order valence-corrected chi connectivity index (χ4v) is 6.05. The molecule has 2 N–H and O–H groups in total. The molecule has 152 valence electrons. The molecule has 0 spiro atoms. The van der Waals surface area contributed by atoms with Crippen molar-refractivity contribution in [3.8, 4) is 0 Å². The van der Waals surface area contributed by atoms with Crippen LogP contribution in [0.4, 0.5) is 5.82 Å². The third-order valence-corrected chi connectivity index (χ3v) is 7.51. The molecule has 4 aliphatic rings. The van der Waals surface area contributed by atoms with Crippen molar-refractivity contribution in [1.29, 1.82) is 0 Å². The lowest BCUT2D eigenvalue weighted by Crippen LogP contribution is -2.64. The van der Waals surface area contributed by atoms with Gasteiger partial charge in [-0.1, -0.05) is 6.07 Å². The van der Waals surface area contributed by atoms with Crippen molar-refractivity contribution in [3.05, 3.63) is 24.4 Å². The predicted octanol–water partition coefficient (Wildman–Crippen LogP) is 1.49. The molecule has 6 nitrogen and oxygen atoms in total. The zero-order chi connectivity index (χ0) is 18.9. The fraction of sp³-hybridized carbons (Fsp3) is 0.727. The second kappa shape index (κ2) is 7.99. The van der Waals surface area contributed by atoms with Crippen LogP contribution >= 0.6 is 0 Å². The van der Waals surface area contributed by atoms with Crippen LogP contribution in [-0.2, 0) is 4.79 Å². The molecule has 5 unspecified atom stereocenters. The van der Waals surface area contributed by atoms with E-state index in [0.717, 1.165) is 57.8 Å². The summed E-state index contributed by atoms with van der Waals surface area (Å²) in [5.74, 6) is 2.97. The number of carbonyl (C=O) groups is 1. The molecule has 28 heavy (non-hydrogen) atoms. The first-order chi connectivity index (χ1) is 13.8. The van der Waals surface area contributed by atoms with Crippen molar-refractivity contribution in [3.63, 3.8) is 0 Å². The van der Waals surface area contributed by atoms with Gasteiger partial charge in [0.25, 0.3) is 0 Å². The summed E-state index contributed by atoms with van der Waals surface area (Å²) in [6.45, 7) is 6.60. The molecule has 5 atom stereocenters. The zero-order valence-corrected chi connectivity index (χ0v) is 16.7. The number of piperazine rings is 1. The van der Waals surface area contributed by atoms with Crippen LogP contribution in [0.1, 0.15) is 32.1 Å². The van der Waals surface area contributed by atoms with Gasteiger partial charge in [0.1, 0.15) is 5.82 Å². The molecule has 0 radical (unpaired) electrons. The third-order valence-electron chi connectivity index (χ3n) is 7.51. The molecule has 1 saturated carbocycles. The Labute approximate surface area is 168 Å². The van der Waals surface area contributed by atoms with E-state index in [0.29, 0.717) is 29.8 Å². The summed E-state index contributed by atoms with van der Waals surface area (Å²) in [7, 11) is 0. The number of piperidine rings is 2. The number of fused-ring (bicyclic) bond motifs is 3. The van der Waals surface area contributed by atoms with Crippen LogP contribution in [0.3, 0.4) is 0 Å². The highest BCUT2D eigenvalue weighted by Gasteiger charge is 2.47. The maximum Gasteiger partial charge on any atom is 0.224 e. The average Bonchev–Trinajstić information content (AvgIpc) is 2.75. The number of rotatable bonds is 3. The lowest BCUT2D eigenvalue weighted by atomic mass is 9.67. The van der Waals surface area contributed by atoms with Gasteiger partial charge in [-0.25, -0.2) is 4.98 Å². The molecule has 1 amide bonds. The van der Waals surface area contributed by atoms with E-state index in [2.05, 4.69) is 37.6 Å². The molecule has 1 aromatic heterocycles. The maximum absolute atomic E-state index is 12.6. The summed E-state index contributed by atoms with van der Waals surface area (Å²) in [5.41, 5.74) is 0. The Hall–Kier alpha value is -1.66. The first kappa shape index (κ1) is 18.4. The van der Waals surface area contributed by atoms with E-state index in [4.69, 9.17) is 0 Å². The number of anilines is 1. The summed E-state index contributed by atoms with van der Waals surface area (Å²) < 4.78 is 0. The molecule has 1 aliphatic carbocycles. The quantitative estimate of drug-likeness (QED) is 0.828. The van der Waals surface area contributed by atoms with Gasteiger partial charge in [0, 0.05) is 51.0 Å². The average molecular weight is 384 g/mol. The van der Waals surface area contributed by atoms with E-state index in [1.54, 1.807) is 0 Å². The van der Waals surface area contributed by atoms with Gasteiger partial charge in [0.15, 0.2) is 0 Å². The Balaban J connectivity index is 1.14. The Kier molecular flexibility index (Phi) is 5.24. The van der Waals surface area contributed by atoms with Crippen LogP contribution in [0.25, 0.3) is 0 Å². The number of aromatic nitrogens is 1. The van der Waals surface area contributed by atoms with Crippen LogP contribution in [0.5, 0.6) is 0 Å². The highest BCUT2D eigenvalue weighted by atomic mass is 16.2. The number of nitrogens with one attached hydrogen (secondary N) is 2. The minimum Gasteiger partial charge on any atom is -0.354 e. The van der Waals surface area contributed by atoms with Gasteiger partial charge in [0.2, 0.25) is 5.91 Å². The Morgan fingerprint density at radius 3 is 2.82 bits per heavy atom. The van der Waals surface area contributed by atoms with E-state index < -0.39 is 0 Å². The highest BCUT2D eigenvalue weighted by Crippen LogP contribution is 2.39. The topological polar surface area (TPSA) is 60.5 Å². The van der Waals surface area contributed by atoms with Crippen LogP contribution in [0.2, 0.25) is 0 Å². The number of nitrogens with zero attached hydrogens (tertiary/aromatic N) is 3. The van der Waals surface area contributed by atoms with E-state index in [1.165, 1.54) is 19.4 Å². The monoisotopic (exact) mass is 383 g/mol. The van der Waals surface area contributed by atoms with E-state index in [9.17, 15) is 4.79 Å². The first-order valence-corrected chi connectivity index (χ1v) is 11.2. The van der Waals surface area contributed by atoms with Crippen molar-refractivity contribution < 1.29 is 4.79 Å². The fourth-order valence-electron chi connectivity index (χ4n) is 6.05. The van der Waals surface area contributed by atoms with Crippen LogP contribution < -0.4 is 15.5 Å². The molecular formula is C22H33N5O. The number of carbonyl (C=O) groups excluding carboxylic acids is 1. The number of hydrogen-bond donors (Lipinski definition) is 2. The molecule has 3 aliphatic heterocycles. The van der Waals surface area contributed by atoms with Gasteiger partial charge in [0.05, 0.1) is 5.92 Å². The molecule has 6 heteroatoms. The van der Waals surface area contributed by atoms with Crippen LogP contribution in [0, 0.1) is 17.8 Å². The van der Waals surface area contributed by atoms with Crippen molar-refractivity contribution >= 4 is 11.7 Å². The van der Waals surface area contributed by atoms with E-state index in [1.807, 2.05) is 12.3 Å². The maximum atomic E-state index is 12.6. The van der Waals surface area contributed by atoms with Crippen molar-refractivity contribution in [1.82, 2.24) is 20.5 Å². The molecule has 0 bridgehead atoms. The standard InChI is InChI=1S/C22H33N5O/c28-22-18-4-3-9-24-21(18)17-7-6-16(14-19(17)25-22)15-26-10-12-27(13-11-26)20-5-1-2-8-23-20/h1-2,5,8,16-19,21,24H,3-4,6-7,9-15H2,(H,25,28). The molecule has 3 saturated heterocycles. The van der Waals surface area contributed by atoms with Gasteiger partial charge >= 0.3 is 0 Å². The summed E-state index contributed by atoms with van der Waals surface area (Å²) in [5, 5.41) is 7.08. The number of pyridine rings is 1. The van der Waals surface area contributed by atoms with Gasteiger partial charge in [-0.15, -0.1) is 0 Å². The van der Waals surface area contributed by atoms with Crippen molar-refractivity contribution in [2.75, 3.05) is 44.2 Å². The summed E-state index contributed by atoms with van der Waals surface area (Å²) in [6.07, 6.45) is 7.81. The van der Waals surface area contributed by atoms with E-state index in [-0.39, 0.29) is 5.92 Å². The number of hydrogen-bond acceptors (Lipinski definition) is 5. The zero-order valence-electron chi connectivity index (χ0n) is 16.7. The lowest BCUT2D eigenvalue weighted by Gasteiger charge is -2.50. The molecule has 4 heterocycles. The van der Waals surface area contributed by atoms with Gasteiger partial charge in [-0.05, 0) is 62.6 Å². The van der Waals surface area contributed by atoms with Crippen molar-refractivity contribution in [2.45, 2.75) is 44.2 Å². The molecule has 5 rings (SSSR count). The predicted molar refractivity (Wildman–Crippen MR) is 110 cm³/mol. The lowest BCUT2D eigenvalue weighted by molar-refractivity contribution is -0.133. The largest absolute Gasteiger partial charge is 0.354 e. The molecule has 0 aromatic carbocycles. The Morgan fingerprint density at radius 1 is 1.11 bits per heavy atom. The second-order valence-corrected chi connectivity index (χ2v) is 9.16. The highest BCUT2D eigenvalue weighted by molar-refractivity contribution is 5.81. The van der Waals surface area contributed by atoms with Crippen LogP contribution in [0.15, 0.2) is 24.4 Å². The Morgan fingerprint density at radius 2 is 2.00 bits per heavy atom. The number of amides is 1. The smallest absolute Gasteiger partial charge is 0.224 e. The summed E-state index contributed by atoms with van der Waals surface area (Å²) in [4.78, 5) is 22.1. The molecular weight excluding hydrogens is 350 g/mol. The molecule has 4 fully saturated rings. The SMILES string of the molecule is O=C1NC2CC(CN3CCN(c4ccccn4)CC3)CCC2C2NCCCC12. The Bertz CT molecular complexity index is 675. The third kappa shape index (κ3) is 3.64. The second-order valence-electron chi connectivity index (χ2n) is 9.16. The van der Waals surface area contributed by atoms with Crippen LogP contribution in [-0.4, -0.2) is 67.1 Å². The van der Waals surface area contributed by atoms with Gasteiger partial charge < -0.3 is 15.5 Å². The minimum atomic E-state index is 0.214. The minimum absolute atomic E-state index is 0.214. The van der Waals surface area contributed by atoms with E-state index >= 15 is 0 Å².